The molecule has 1 fully saturated rings. The molecule has 2 aromatic carbocycles. The van der Waals surface area contributed by atoms with Crippen LogP contribution in [0.5, 0.6) is 11.5 Å². The van der Waals surface area contributed by atoms with Gasteiger partial charge in [-0.1, -0.05) is 18.2 Å². The van der Waals surface area contributed by atoms with E-state index in [0.29, 0.717) is 43.7 Å². The van der Waals surface area contributed by atoms with Gasteiger partial charge in [0.05, 0.1) is 26.9 Å². The number of nitrogens with two attached hydrogens (primary N) is 1. The monoisotopic (exact) mass is 421 g/mol. The van der Waals surface area contributed by atoms with E-state index in [1.54, 1.807) is 13.3 Å². The molecule has 3 aromatic rings. The minimum atomic E-state index is -0.0729. The van der Waals surface area contributed by atoms with Crippen LogP contribution in [0.3, 0.4) is 0 Å². The van der Waals surface area contributed by atoms with Crippen molar-refractivity contribution in [1.82, 2.24) is 4.98 Å². The molecule has 7 heteroatoms. The van der Waals surface area contributed by atoms with E-state index in [4.69, 9.17) is 24.7 Å². The van der Waals surface area contributed by atoms with Crippen LogP contribution in [0.2, 0.25) is 0 Å². The van der Waals surface area contributed by atoms with Gasteiger partial charge in [0.15, 0.2) is 11.5 Å². The second-order valence-electron chi connectivity index (χ2n) is 7.23. The highest BCUT2D eigenvalue weighted by molar-refractivity contribution is 5.80. The van der Waals surface area contributed by atoms with E-state index >= 15 is 0 Å². The van der Waals surface area contributed by atoms with Crippen LogP contribution < -0.4 is 20.5 Å². The number of nitrogen functional groups attached to an aromatic ring is 1. The van der Waals surface area contributed by atoms with E-state index < -0.39 is 0 Å². The number of anilines is 2. The number of benzene rings is 2. The first kappa shape index (κ1) is 21.0. The molecule has 1 unspecified atom stereocenters. The zero-order valence-electron chi connectivity index (χ0n) is 17.8. The molecule has 1 aliphatic heterocycles. The first-order valence-corrected chi connectivity index (χ1v) is 10.2. The summed E-state index contributed by atoms with van der Waals surface area (Å²) in [5, 5.41) is 3.12. The molecule has 4 rings (SSSR count). The highest BCUT2D eigenvalue weighted by atomic mass is 16.6. The molecule has 0 spiro atoms. The van der Waals surface area contributed by atoms with E-state index in [9.17, 15) is 0 Å². The van der Waals surface area contributed by atoms with Crippen LogP contribution in [-0.2, 0) is 9.47 Å². The van der Waals surface area contributed by atoms with Gasteiger partial charge in [-0.3, -0.25) is 0 Å². The Kier molecular flexibility index (Phi) is 6.54. The Morgan fingerprint density at radius 3 is 2.55 bits per heavy atom. The second kappa shape index (κ2) is 9.68. The van der Waals surface area contributed by atoms with Crippen LogP contribution in [-0.4, -0.2) is 51.7 Å². The highest BCUT2D eigenvalue weighted by Gasteiger charge is 2.17. The zero-order valence-corrected chi connectivity index (χ0v) is 17.8. The lowest BCUT2D eigenvalue weighted by Crippen LogP contribution is -2.33. The number of ether oxygens (including phenoxy) is 4. The molecule has 0 bridgehead atoms. The number of rotatable bonds is 7. The molecular formula is C24H27N3O4. The molecule has 0 radical (unpaired) electrons. The van der Waals surface area contributed by atoms with E-state index in [0.717, 1.165) is 27.9 Å². The Balaban J connectivity index is 1.57. The van der Waals surface area contributed by atoms with E-state index in [1.165, 1.54) is 0 Å². The fourth-order valence-electron chi connectivity index (χ4n) is 3.46. The van der Waals surface area contributed by atoms with Gasteiger partial charge in [0.25, 0.3) is 0 Å². The third kappa shape index (κ3) is 4.90. The first-order valence-electron chi connectivity index (χ1n) is 10.2. The summed E-state index contributed by atoms with van der Waals surface area (Å²) in [6.45, 7) is 2.17. The SMILES string of the molecule is CNc1ccc(-c2cc(-c3ccc(OCC4COCCO4)c(OC)c3)cnc2N)cc1. The normalized spacial score (nSPS) is 16.0. The Morgan fingerprint density at radius 1 is 1.03 bits per heavy atom. The predicted octanol–water partition coefficient (Wildman–Crippen LogP) is 3.84. The molecule has 1 saturated heterocycles. The van der Waals surface area contributed by atoms with Crippen molar-refractivity contribution in [3.63, 3.8) is 0 Å². The van der Waals surface area contributed by atoms with Gasteiger partial charge in [0.2, 0.25) is 0 Å². The lowest BCUT2D eigenvalue weighted by molar-refractivity contribution is -0.101. The number of hydrogen-bond acceptors (Lipinski definition) is 7. The molecule has 0 saturated carbocycles. The zero-order chi connectivity index (χ0) is 21.6. The van der Waals surface area contributed by atoms with Crippen LogP contribution in [0, 0.1) is 0 Å². The summed E-state index contributed by atoms with van der Waals surface area (Å²) in [4.78, 5) is 4.41. The number of nitrogens with zero attached hydrogens (tertiary/aromatic N) is 1. The van der Waals surface area contributed by atoms with Gasteiger partial charge in [-0.15, -0.1) is 0 Å². The third-order valence-corrected chi connectivity index (χ3v) is 5.21. The summed E-state index contributed by atoms with van der Waals surface area (Å²) in [6.07, 6.45) is 1.69. The smallest absolute Gasteiger partial charge is 0.161 e. The highest BCUT2D eigenvalue weighted by Crippen LogP contribution is 2.35. The maximum absolute atomic E-state index is 6.17. The lowest BCUT2D eigenvalue weighted by Gasteiger charge is -2.23. The summed E-state index contributed by atoms with van der Waals surface area (Å²) in [6, 6.07) is 15.9. The standard InChI is InChI=1S/C24H27N3O4/c1-26-19-6-3-16(4-7-19)21-11-18(13-27-24(21)25)17-5-8-22(23(12-17)28-2)31-15-20-14-29-9-10-30-20/h3-8,11-13,20,26H,9-10,14-15H2,1-2H3,(H2,25,27). The molecule has 0 amide bonds. The summed E-state index contributed by atoms with van der Waals surface area (Å²) >= 11 is 0. The molecule has 7 nitrogen and oxygen atoms in total. The van der Waals surface area contributed by atoms with Crippen LogP contribution in [0.25, 0.3) is 22.3 Å². The Labute approximate surface area is 182 Å². The molecule has 162 valence electrons. The Morgan fingerprint density at radius 2 is 1.84 bits per heavy atom. The third-order valence-electron chi connectivity index (χ3n) is 5.21. The minimum absolute atomic E-state index is 0.0729. The largest absolute Gasteiger partial charge is 0.493 e. The van der Waals surface area contributed by atoms with Crippen LogP contribution in [0.1, 0.15) is 0 Å². The van der Waals surface area contributed by atoms with Gasteiger partial charge in [-0.2, -0.15) is 0 Å². The van der Waals surface area contributed by atoms with E-state index in [1.807, 2.05) is 55.6 Å². The maximum Gasteiger partial charge on any atom is 0.161 e. The second-order valence-corrected chi connectivity index (χ2v) is 7.23. The van der Waals surface area contributed by atoms with Gasteiger partial charge in [-0.05, 0) is 41.5 Å². The molecular weight excluding hydrogens is 394 g/mol. The van der Waals surface area contributed by atoms with Crippen LogP contribution >= 0.6 is 0 Å². The molecule has 3 N–H and O–H groups in total. The summed E-state index contributed by atoms with van der Waals surface area (Å²) in [7, 11) is 3.52. The molecule has 0 aliphatic carbocycles. The van der Waals surface area contributed by atoms with Crippen molar-refractivity contribution in [2.45, 2.75) is 6.10 Å². The summed E-state index contributed by atoms with van der Waals surface area (Å²) < 4.78 is 22.5. The van der Waals surface area contributed by atoms with E-state index in [-0.39, 0.29) is 6.10 Å². The van der Waals surface area contributed by atoms with Gasteiger partial charge in [0, 0.05) is 30.1 Å². The van der Waals surface area contributed by atoms with E-state index in [2.05, 4.69) is 10.3 Å². The number of aromatic nitrogens is 1. The van der Waals surface area contributed by atoms with Crippen molar-refractivity contribution in [3.8, 4) is 33.8 Å². The predicted molar refractivity (Wildman–Crippen MR) is 122 cm³/mol. The first-order chi connectivity index (χ1) is 15.2. The van der Waals surface area contributed by atoms with Crippen molar-refractivity contribution in [1.29, 1.82) is 0 Å². The molecule has 1 atom stereocenters. The summed E-state index contributed by atoms with van der Waals surface area (Å²) in [5.74, 6) is 1.79. The minimum Gasteiger partial charge on any atom is -0.493 e. The molecule has 2 heterocycles. The summed E-state index contributed by atoms with van der Waals surface area (Å²) in [5.41, 5.74) is 11.0. The van der Waals surface area contributed by atoms with Gasteiger partial charge >= 0.3 is 0 Å². The van der Waals surface area contributed by atoms with Crippen molar-refractivity contribution >= 4 is 11.5 Å². The Hall–Kier alpha value is -3.29. The quantitative estimate of drug-likeness (QED) is 0.599. The van der Waals surface area contributed by atoms with Gasteiger partial charge in [-0.25, -0.2) is 4.98 Å². The molecule has 1 aliphatic rings. The number of nitrogens with one attached hydrogen (secondary N) is 1. The van der Waals surface area contributed by atoms with Gasteiger partial charge in [0.1, 0.15) is 18.5 Å². The van der Waals surface area contributed by atoms with Crippen LogP contribution in [0.15, 0.2) is 54.7 Å². The topological polar surface area (TPSA) is 87.9 Å². The van der Waals surface area contributed by atoms with Crippen molar-refractivity contribution < 1.29 is 18.9 Å². The molecule has 1 aromatic heterocycles. The maximum atomic E-state index is 6.17. The van der Waals surface area contributed by atoms with Gasteiger partial charge < -0.3 is 30.0 Å². The van der Waals surface area contributed by atoms with Crippen molar-refractivity contribution in [2.24, 2.45) is 0 Å². The fourth-order valence-corrected chi connectivity index (χ4v) is 3.46. The lowest BCUT2D eigenvalue weighted by atomic mass is 10.0. The number of hydrogen-bond donors (Lipinski definition) is 2. The average molecular weight is 421 g/mol. The fraction of sp³-hybridized carbons (Fsp3) is 0.292. The van der Waals surface area contributed by atoms with Crippen molar-refractivity contribution in [3.05, 3.63) is 54.7 Å². The van der Waals surface area contributed by atoms with Crippen molar-refractivity contribution in [2.75, 3.05) is 51.6 Å². The number of pyridine rings is 1. The average Bonchev–Trinajstić information content (AvgIpc) is 2.83. The Bertz CT molecular complexity index is 1020. The molecule has 31 heavy (non-hydrogen) atoms. The number of methoxy groups -OCH3 is 1. The van der Waals surface area contributed by atoms with Crippen LogP contribution in [0.4, 0.5) is 11.5 Å².